The zero-order valence-corrected chi connectivity index (χ0v) is 10.5. The van der Waals surface area contributed by atoms with E-state index in [1.54, 1.807) is 0 Å². The Morgan fingerprint density at radius 2 is 2.00 bits per heavy atom. The highest BCUT2D eigenvalue weighted by Crippen LogP contribution is 2.30. The highest BCUT2D eigenvalue weighted by atomic mass is 14.2. The summed E-state index contributed by atoms with van der Waals surface area (Å²) >= 11 is 0. The van der Waals surface area contributed by atoms with Crippen molar-refractivity contribution >= 4 is 0 Å². The molecule has 3 unspecified atom stereocenters. The van der Waals surface area contributed by atoms with Gasteiger partial charge >= 0.3 is 0 Å². The van der Waals surface area contributed by atoms with Gasteiger partial charge in [-0.3, -0.25) is 0 Å². The van der Waals surface area contributed by atoms with Crippen molar-refractivity contribution in [2.75, 3.05) is 0 Å². The zero-order valence-electron chi connectivity index (χ0n) is 10.5. The van der Waals surface area contributed by atoms with Crippen molar-refractivity contribution in [3.63, 3.8) is 0 Å². The average Bonchev–Trinajstić information content (AvgIpc) is 2.15. The van der Waals surface area contributed by atoms with E-state index in [1.165, 1.54) is 11.1 Å². The fourth-order valence-electron chi connectivity index (χ4n) is 2.62. The van der Waals surface area contributed by atoms with E-state index in [4.69, 9.17) is 0 Å². The third kappa shape index (κ3) is 3.10. The van der Waals surface area contributed by atoms with Gasteiger partial charge in [-0.2, -0.15) is 0 Å². The van der Waals surface area contributed by atoms with E-state index in [9.17, 15) is 0 Å². The molecule has 0 aromatic heterocycles. The molecule has 0 spiro atoms. The molecule has 16 heavy (non-hydrogen) atoms. The van der Waals surface area contributed by atoms with Crippen LogP contribution in [0.1, 0.15) is 27.2 Å². The maximum atomic E-state index is 2.44. The van der Waals surface area contributed by atoms with Gasteiger partial charge in [0.15, 0.2) is 0 Å². The molecule has 0 amide bonds. The van der Waals surface area contributed by atoms with Crippen LogP contribution in [0.2, 0.25) is 0 Å². The molecular formula is C16H21. The summed E-state index contributed by atoms with van der Waals surface area (Å²) in [5.74, 6) is 1.82. The minimum atomic E-state index is 0.594. The van der Waals surface area contributed by atoms with Crippen LogP contribution in [0.5, 0.6) is 0 Å². The topological polar surface area (TPSA) is 0 Å². The Bertz CT molecular complexity index is 330. The Kier molecular flexibility index (Phi) is 3.68. The van der Waals surface area contributed by atoms with Crippen LogP contribution in [0.25, 0.3) is 0 Å². The molecule has 0 bridgehead atoms. The van der Waals surface area contributed by atoms with Crippen molar-refractivity contribution in [2.24, 2.45) is 17.8 Å². The van der Waals surface area contributed by atoms with Gasteiger partial charge in [-0.15, -0.1) is 0 Å². The Morgan fingerprint density at radius 3 is 2.69 bits per heavy atom. The molecule has 85 valence electrons. The lowest BCUT2D eigenvalue weighted by molar-refractivity contribution is 0.606. The van der Waals surface area contributed by atoms with Gasteiger partial charge in [0.05, 0.1) is 0 Å². The zero-order chi connectivity index (χ0) is 11.5. The average molecular weight is 213 g/mol. The first-order valence-corrected chi connectivity index (χ1v) is 6.24. The van der Waals surface area contributed by atoms with E-state index in [0.717, 1.165) is 6.42 Å². The summed E-state index contributed by atoms with van der Waals surface area (Å²) in [5.41, 5.74) is 2.90. The normalized spacial score (nSPS) is 34.6. The Hall–Kier alpha value is -0.780. The van der Waals surface area contributed by atoms with Crippen LogP contribution in [0.3, 0.4) is 0 Å². The molecule has 2 aliphatic carbocycles. The number of hydrogen-bond donors (Lipinski definition) is 0. The predicted molar refractivity (Wildman–Crippen MR) is 70.3 cm³/mol. The molecule has 0 heteroatoms. The minimum Gasteiger partial charge on any atom is -0.0851 e. The lowest BCUT2D eigenvalue weighted by atomic mass is 9.81. The molecule has 0 aliphatic heterocycles. The number of allylic oxidation sites excluding steroid dienone is 6. The van der Waals surface area contributed by atoms with Gasteiger partial charge in [0, 0.05) is 0 Å². The van der Waals surface area contributed by atoms with Crippen molar-refractivity contribution in [3.8, 4) is 0 Å². The second-order valence-corrected chi connectivity index (χ2v) is 5.15. The van der Waals surface area contributed by atoms with Gasteiger partial charge in [-0.25, -0.2) is 0 Å². The summed E-state index contributed by atoms with van der Waals surface area (Å²) in [5, 5.41) is 0. The highest BCUT2D eigenvalue weighted by Gasteiger charge is 2.18. The molecule has 2 rings (SSSR count). The standard InChI is InChI=1S/C16H21/c1-12-5-4-6-15(8-12)11-16-9-13(2)7-14(3)10-16/h4-10,12-13,15H,11H2,1-3H3. The van der Waals surface area contributed by atoms with Gasteiger partial charge in [0.25, 0.3) is 0 Å². The monoisotopic (exact) mass is 213 g/mol. The van der Waals surface area contributed by atoms with Crippen molar-refractivity contribution in [2.45, 2.75) is 27.2 Å². The first-order valence-electron chi connectivity index (χ1n) is 6.24. The van der Waals surface area contributed by atoms with E-state index in [2.05, 4.69) is 64.3 Å². The van der Waals surface area contributed by atoms with E-state index in [0.29, 0.717) is 17.8 Å². The molecule has 2 aliphatic rings. The maximum Gasteiger partial charge on any atom is -0.00711 e. The smallest absolute Gasteiger partial charge is 0.00711 e. The molecule has 3 radical (unpaired) electrons. The van der Waals surface area contributed by atoms with Gasteiger partial charge in [0.2, 0.25) is 0 Å². The largest absolute Gasteiger partial charge is 0.0851 e. The molecule has 0 saturated heterocycles. The summed E-state index contributed by atoms with van der Waals surface area (Å²) < 4.78 is 0. The van der Waals surface area contributed by atoms with E-state index >= 15 is 0 Å². The first kappa shape index (κ1) is 11.7. The molecular weight excluding hydrogens is 192 g/mol. The van der Waals surface area contributed by atoms with E-state index in [-0.39, 0.29) is 0 Å². The molecule has 0 nitrogen and oxygen atoms in total. The van der Waals surface area contributed by atoms with Crippen LogP contribution < -0.4 is 0 Å². The second kappa shape index (κ2) is 5.03. The quantitative estimate of drug-likeness (QED) is 0.640. The van der Waals surface area contributed by atoms with Crippen molar-refractivity contribution < 1.29 is 0 Å². The Balaban J connectivity index is 1.97. The molecule has 3 atom stereocenters. The fraction of sp³-hybridized carbons (Fsp3) is 0.438. The second-order valence-electron chi connectivity index (χ2n) is 5.15. The van der Waals surface area contributed by atoms with Crippen molar-refractivity contribution in [3.05, 3.63) is 54.7 Å². The van der Waals surface area contributed by atoms with Gasteiger partial charge in [-0.1, -0.05) is 49.3 Å². The first-order chi connectivity index (χ1) is 7.63. The molecule has 0 fully saturated rings. The minimum absolute atomic E-state index is 0.594. The molecule has 0 aromatic carbocycles. The van der Waals surface area contributed by atoms with Crippen LogP contribution in [-0.4, -0.2) is 0 Å². The third-order valence-electron chi connectivity index (χ3n) is 3.21. The summed E-state index contributed by atoms with van der Waals surface area (Å²) in [6, 6.07) is 0. The van der Waals surface area contributed by atoms with Crippen molar-refractivity contribution in [1.82, 2.24) is 0 Å². The van der Waals surface area contributed by atoms with Crippen LogP contribution >= 0.6 is 0 Å². The summed E-state index contributed by atoms with van der Waals surface area (Å²) in [6.07, 6.45) is 17.4. The third-order valence-corrected chi connectivity index (χ3v) is 3.21. The predicted octanol–water partition coefficient (Wildman–Crippen LogP) is 4.33. The summed E-state index contributed by atoms with van der Waals surface area (Å²) in [6.45, 7) is 6.71. The summed E-state index contributed by atoms with van der Waals surface area (Å²) in [4.78, 5) is 0. The van der Waals surface area contributed by atoms with Crippen LogP contribution in [0, 0.1) is 37.0 Å². The maximum absolute atomic E-state index is 2.44. The highest BCUT2D eigenvalue weighted by molar-refractivity contribution is 5.35. The van der Waals surface area contributed by atoms with Gasteiger partial charge < -0.3 is 0 Å². The SMILES string of the molecule is CC1=CC(CC2[CH]C=CC(C)[CH]2)=CC(C)[CH]1. The summed E-state index contributed by atoms with van der Waals surface area (Å²) in [7, 11) is 0. The van der Waals surface area contributed by atoms with Gasteiger partial charge in [0.1, 0.15) is 0 Å². The molecule has 0 heterocycles. The van der Waals surface area contributed by atoms with Gasteiger partial charge in [-0.05, 0) is 50.4 Å². The lowest BCUT2D eigenvalue weighted by Crippen LogP contribution is -2.12. The van der Waals surface area contributed by atoms with Crippen molar-refractivity contribution in [1.29, 1.82) is 0 Å². The van der Waals surface area contributed by atoms with Crippen LogP contribution in [0.15, 0.2) is 35.5 Å². The van der Waals surface area contributed by atoms with E-state index < -0.39 is 0 Å². The Labute approximate surface area is 100 Å². The van der Waals surface area contributed by atoms with E-state index in [1.807, 2.05) is 0 Å². The molecule has 0 saturated carbocycles. The van der Waals surface area contributed by atoms with Crippen LogP contribution in [-0.2, 0) is 0 Å². The molecule has 0 N–H and O–H groups in total. The lowest BCUT2D eigenvalue weighted by Gasteiger charge is -2.24. The fourth-order valence-corrected chi connectivity index (χ4v) is 2.62. The van der Waals surface area contributed by atoms with Crippen LogP contribution in [0.4, 0.5) is 0 Å². The molecule has 0 aromatic rings. The number of rotatable bonds is 2. The Morgan fingerprint density at radius 1 is 1.19 bits per heavy atom. The number of hydrogen-bond acceptors (Lipinski definition) is 0.